The number of nitrogens with zero attached hydrogens (tertiary/aromatic N) is 1. The smallest absolute Gasteiger partial charge is 0.221 e. The molecule has 0 radical (unpaired) electrons. The van der Waals surface area contributed by atoms with E-state index >= 15 is 0 Å². The van der Waals surface area contributed by atoms with Crippen molar-refractivity contribution in [3.05, 3.63) is 64.2 Å². The second-order valence-electron chi connectivity index (χ2n) is 6.64. The first-order valence-corrected chi connectivity index (χ1v) is 8.82. The number of amides is 1. The Bertz CT molecular complexity index is 975. The van der Waals surface area contributed by atoms with Crippen molar-refractivity contribution in [3.63, 3.8) is 0 Å². The standard InChI is InChI=1S/C20H18F4N2O3/c1-28-20-14(15(21)16(22)17(23)18(20)24)19(26-29-9-10-6-7-10)12-5-3-2-4-11(12)8-13(25)27/h2-5,10H,6-9H2,1H3,(H2,25,27). The highest BCUT2D eigenvalue weighted by Crippen LogP contribution is 2.34. The predicted octanol–water partition coefficient (Wildman–Crippen LogP) is 3.46. The van der Waals surface area contributed by atoms with Crippen LogP contribution in [0.25, 0.3) is 0 Å². The Hall–Kier alpha value is -3.10. The average molecular weight is 410 g/mol. The van der Waals surface area contributed by atoms with E-state index in [-0.39, 0.29) is 30.2 Å². The monoisotopic (exact) mass is 410 g/mol. The van der Waals surface area contributed by atoms with Crippen LogP contribution in [0.3, 0.4) is 0 Å². The molecule has 0 atom stereocenters. The number of carbonyl (C=O) groups is 1. The van der Waals surface area contributed by atoms with E-state index in [1.54, 1.807) is 12.1 Å². The molecule has 0 heterocycles. The zero-order chi connectivity index (χ0) is 21.1. The minimum absolute atomic E-state index is 0.143. The number of hydrogen-bond donors (Lipinski definition) is 1. The van der Waals surface area contributed by atoms with Crippen molar-refractivity contribution in [2.24, 2.45) is 16.8 Å². The Morgan fingerprint density at radius 2 is 1.76 bits per heavy atom. The Balaban J connectivity index is 2.22. The minimum atomic E-state index is -2.01. The molecule has 1 saturated carbocycles. The van der Waals surface area contributed by atoms with E-state index < -0.39 is 40.5 Å². The van der Waals surface area contributed by atoms with Gasteiger partial charge in [0.05, 0.1) is 19.1 Å². The normalized spacial score (nSPS) is 14.0. The topological polar surface area (TPSA) is 73.9 Å². The molecule has 1 amide bonds. The lowest BCUT2D eigenvalue weighted by molar-refractivity contribution is -0.117. The van der Waals surface area contributed by atoms with Gasteiger partial charge in [-0.05, 0) is 24.3 Å². The van der Waals surface area contributed by atoms with Crippen molar-refractivity contribution in [1.82, 2.24) is 0 Å². The molecule has 2 aromatic rings. The van der Waals surface area contributed by atoms with E-state index in [0.29, 0.717) is 5.56 Å². The van der Waals surface area contributed by atoms with Gasteiger partial charge in [0.25, 0.3) is 0 Å². The van der Waals surface area contributed by atoms with Crippen LogP contribution in [0, 0.1) is 29.2 Å². The van der Waals surface area contributed by atoms with Crippen LogP contribution in [0.2, 0.25) is 0 Å². The molecule has 0 aromatic heterocycles. The number of oxime groups is 1. The number of primary amides is 1. The lowest BCUT2D eigenvalue weighted by Gasteiger charge is -2.16. The fourth-order valence-electron chi connectivity index (χ4n) is 2.83. The molecule has 0 saturated heterocycles. The van der Waals surface area contributed by atoms with Crippen LogP contribution in [0.5, 0.6) is 5.75 Å². The number of rotatable bonds is 8. The Morgan fingerprint density at radius 3 is 2.38 bits per heavy atom. The van der Waals surface area contributed by atoms with Crippen LogP contribution >= 0.6 is 0 Å². The van der Waals surface area contributed by atoms with Gasteiger partial charge in [0.2, 0.25) is 17.5 Å². The summed E-state index contributed by atoms with van der Waals surface area (Å²) in [7, 11) is 0.983. The molecule has 1 fully saturated rings. The number of halogens is 4. The fraction of sp³-hybridized carbons (Fsp3) is 0.300. The van der Waals surface area contributed by atoms with Gasteiger partial charge in [0.1, 0.15) is 12.3 Å². The second kappa shape index (κ2) is 8.50. The van der Waals surface area contributed by atoms with Crippen molar-refractivity contribution in [1.29, 1.82) is 0 Å². The number of ether oxygens (including phenoxy) is 1. The van der Waals surface area contributed by atoms with Crippen LogP contribution < -0.4 is 10.5 Å². The molecule has 1 aliphatic rings. The molecule has 2 N–H and O–H groups in total. The third-order valence-corrected chi connectivity index (χ3v) is 4.47. The Morgan fingerprint density at radius 1 is 1.10 bits per heavy atom. The minimum Gasteiger partial charge on any atom is -0.493 e. The molecule has 0 unspecified atom stereocenters. The summed E-state index contributed by atoms with van der Waals surface area (Å²) in [5, 5.41) is 3.88. The van der Waals surface area contributed by atoms with Gasteiger partial charge in [-0.1, -0.05) is 29.4 Å². The highest BCUT2D eigenvalue weighted by molar-refractivity contribution is 6.15. The van der Waals surface area contributed by atoms with E-state index in [2.05, 4.69) is 5.16 Å². The van der Waals surface area contributed by atoms with Gasteiger partial charge >= 0.3 is 0 Å². The van der Waals surface area contributed by atoms with Crippen LogP contribution in [-0.2, 0) is 16.1 Å². The molecule has 0 spiro atoms. The number of methoxy groups -OCH3 is 1. The Labute approximate surface area is 164 Å². The molecular weight excluding hydrogens is 392 g/mol. The first kappa shape index (κ1) is 20.6. The molecule has 2 aromatic carbocycles. The van der Waals surface area contributed by atoms with Crippen LogP contribution in [0.1, 0.15) is 29.5 Å². The van der Waals surface area contributed by atoms with Gasteiger partial charge in [-0.3, -0.25) is 4.79 Å². The SMILES string of the molecule is COc1c(F)c(F)c(F)c(F)c1C(=NOCC1CC1)c1ccccc1CC(N)=O. The van der Waals surface area contributed by atoms with Crippen molar-refractivity contribution in [2.45, 2.75) is 19.3 Å². The molecule has 1 aliphatic carbocycles. The summed E-state index contributed by atoms with van der Waals surface area (Å²) >= 11 is 0. The molecule has 154 valence electrons. The Kier molecular flexibility index (Phi) is 6.05. The third kappa shape index (κ3) is 4.33. The van der Waals surface area contributed by atoms with E-state index in [1.165, 1.54) is 12.1 Å². The van der Waals surface area contributed by atoms with Crippen molar-refractivity contribution in [2.75, 3.05) is 13.7 Å². The van der Waals surface area contributed by atoms with E-state index in [1.807, 2.05) is 0 Å². The predicted molar refractivity (Wildman–Crippen MR) is 96.5 cm³/mol. The fourth-order valence-corrected chi connectivity index (χ4v) is 2.83. The molecule has 0 aliphatic heterocycles. The summed E-state index contributed by atoms with van der Waals surface area (Å²) < 4.78 is 61.5. The third-order valence-electron chi connectivity index (χ3n) is 4.47. The maximum atomic E-state index is 14.7. The summed E-state index contributed by atoms with van der Waals surface area (Å²) in [4.78, 5) is 16.7. The summed E-state index contributed by atoms with van der Waals surface area (Å²) in [5.74, 6) is -8.68. The average Bonchev–Trinajstić information content (AvgIpc) is 3.51. The highest BCUT2D eigenvalue weighted by atomic mass is 19.2. The largest absolute Gasteiger partial charge is 0.493 e. The first-order chi connectivity index (χ1) is 13.8. The summed E-state index contributed by atoms with van der Waals surface area (Å²) in [6.45, 7) is 0.220. The zero-order valence-electron chi connectivity index (χ0n) is 15.5. The number of nitrogens with two attached hydrogens (primary N) is 1. The van der Waals surface area contributed by atoms with Gasteiger partial charge in [-0.2, -0.15) is 4.39 Å². The van der Waals surface area contributed by atoms with E-state index in [9.17, 15) is 22.4 Å². The summed E-state index contributed by atoms with van der Waals surface area (Å²) in [6, 6.07) is 6.13. The first-order valence-electron chi connectivity index (χ1n) is 8.82. The van der Waals surface area contributed by atoms with Gasteiger partial charge in [0.15, 0.2) is 17.4 Å². The van der Waals surface area contributed by atoms with E-state index in [0.717, 1.165) is 20.0 Å². The van der Waals surface area contributed by atoms with Crippen molar-refractivity contribution >= 4 is 11.6 Å². The van der Waals surface area contributed by atoms with Crippen LogP contribution in [0.15, 0.2) is 29.4 Å². The summed E-state index contributed by atoms with van der Waals surface area (Å²) in [6.07, 6.45) is 1.65. The van der Waals surface area contributed by atoms with Gasteiger partial charge in [-0.15, -0.1) is 0 Å². The van der Waals surface area contributed by atoms with Gasteiger partial charge < -0.3 is 15.3 Å². The number of benzene rings is 2. The lowest BCUT2D eigenvalue weighted by atomic mass is 9.94. The van der Waals surface area contributed by atoms with Gasteiger partial charge in [0, 0.05) is 5.56 Å². The van der Waals surface area contributed by atoms with Crippen molar-refractivity contribution < 1.29 is 31.9 Å². The van der Waals surface area contributed by atoms with Crippen LogP contribution in [0.4, 0.5) is 17.6 Å². The molecule has 3 rings (SSSR count). The summed E-state index contributed by atoms with van der Waals surface area (Å²) in [5.41, 5.74) is 4.63. The molecule has 0 bridgehead atoms. The number of carbonyl (C=O) groups excluding carboxylic acids is 1. The highest BCUT2D eigenvalue weighted by Gasteiger charge is 2.31. The number of hydrogen-bond acceptors (Lipinski definition) is 4. The molecular formula is C20H18F4N2O3. The quantitative estimate of drug-likeness (QED) is 0.238. The molecule has 29 heavy (non-hydrogen) atoms. The molecule has 9 heteroatoms. The second-order valence-corrected chi connectivity index (χ2v) is 6.64. The van der Waals surface area contributed by atoms with E-state index in [4.69, 9.17) is 15.3 Å². The van der Waals surface area contributed by atoms with Crippen LogP contribution in [-0.4, -0.2) is 25.3 Å². The lowest BCUT2D eigenvalue weighted by Crippen LogP contribution is -2.19. The maximum absolute atomic E-state index is 14.7. The van der Waals surface area contributed by atoms with Gasteiger partial charge in [-0.25, -0.2) is 13.2 Å². The maximum Gasteiger partial charge on any atom is 0.221 e. The zero-order valence-corrected chi connectivity index (χ0v) is 15.5. The van der Waals surface area contributed by atoms with Crippen molar-refractivity contribution in [3.8, 4) is 5.75 Å². The molecule has 5 nitrogen and oxygen atoms in total.